The van der Waals surface area contributed by atoms with Crippen LogP contribution in [0.1, 0.15) is 115 Å². The van der Waals surface area contributed by atoms with Gasteiger partial charge in [0.25, 0.3) is 0 Å². The third-order valence-electron chi connectivity index (χ3n) is 6.23. The first-order valence-corrected chi connectivity index (χ1v) is 13.8. The summed E-state index contributed by atoms with van der Waals surface area (Å²) in [5.74, 6) is 1.43. The summed E-state index contributed by atoms with van der Waals surface area (Å²) >= 11 is 0. The van der Waals surface area contributed by atoms with E-state index in [-0.39, 0.29) is 0 Å². The Morgan fingerprint density at radius 1 is 1.00 bits per heavy atom. The SMILES string of the molecule is C=CCC.CCCC(CCC(C)C)c1ccc(C#N)cc1.CCCC=C(C)c1ccc(C)c(NC)c1. The Morgan fingerprint density at radius 3 is 2.11 bits per heavy atom. The summed E-state index contributed by atoms with van der Waals surface area (Å²) in [4.78, 5) is 0. The first kappa shape index (κ1) is 33.2. The van der Waals surface area contributed by atoms with Crippen molar-refractivity contribution in [2.45, 2.75) is 99.3 Å². The van der Waals surface area contributed by atoms with Crippen molar-refractivity contribution in [2.75, 3.05) is 12.4 Å². The fourth-order valence-corrected chi connectivity index (χ4v) is 3.81. The molecule has 0 aliphatic heterocycles. The lowest BCUT2D eigenvalue weighted by Crippen LogP contribution is -2.01. The Morgan fingerprint density at radius 2 is 1.64 bits per heavy atom. The molecule has 0 aliphatic carbocycles. The van der Waals surface area contributed by atoms with Gasteiger partial charge in [-0.1, -0.05) is 90.3 Å². The second-order valence-corrected chi connectivity index (χ2v) is 9.84. The van der Waals surface area contributed by atoms with E-state index < -0.39 is 0 Å². The highest BCUT2D eigenvalue weighted by Crippen LogP contribution is 2.28. The van der Waals surface area contributed by atoms with Crippen LogP contribution in [0, 0.1) is 24.2 Å². The van der Waals surface area contributed by atoms with Crippen LogP contribution in [0.5, 0.6) is 0 Å². The number of rotatable bonds is 11. The van der Waals surface area contributed by atoms with Crippen LogP contribution in [0.4, 0.5) is 5.69 Å². The van der Waals surface area contributed by atoms with Crippen LogP contribution in [0.15, 0.2) is 61.2 Å². The van der Waals surface area contributed by atoms with Gasteiger partial charge in [-0.15, -0.1) is 6.58 Å². The largest absolute Gasteiger partial charge is 0.388 e. The van der Waals surface area contributed by atoms with Gasteiger partial charge in [0, 0.05) is 12.7 Å². The van der Waals surface area contributed by atoms with Gasteiger partial charge in [0.2, 0.25) is 0 Å². The van der Waals surface area contributed by atoms with E-state index in [1.807, 2.05) is 25.3 Å². The number of hydrogen-bond acceptors (Lipinski definition) is 2. The molecule has 2 aromatic rings. The average molecular weight is 489 g/mol. The van der Waals surface area contributed by atoms with E-state index in [4.69, 9.17) is 5.26 Å². The smallest absolute Gasteiger partial charge is 0.0991 e. The van der Waals surface area contributed by atoms with Gasteiger partial charge in [-0.3, -0.25) is 0 Å². The van der Waals surface area contributed by atoms with Gasteiger partial charge in [0.15, 0.2) is 0 Å². The molecule has 0 saturated carbocycles. The highest BCUT2D eigenvalue weighted by Gasteiger charge is 2.11. The van der Waals surface area contributed by atoms with E-state index in [1.165, 1.54) is 60.1 Å². The Bertz CT molecular complexity index is 913. The van der Waals surface area contributed by atoms with Crippen molar-refractivity contribution in [3.05, 3.63) is 83.4 Å². The molecule has 1 atom stereocenters. The van der Waals surface area contributed by atoms with Crippen molar-refractivity contribution in [3.63, 3.8) is 0 Å². The lowest BCUT2D eigenvalue weighted by Gasteiger charge is -2.17. The molecule has 0 radical (unpaired) electrons. The minimum Gasteiger partial charge on any atom is -0.388 e. The number of allylic oxidation sites excluding steroid dienone is 3. The molecule has 0 spiro atoms. The number of benzene rings is 2. The van der Waals surface area contributed by atoms with Crippen LogP contribution in [0.25, 0.3) is 5.57 Å². The molecule has 0 fully saturated rings. The standard InChI is InChI=1S/C16H23N.C14H21N.C4H8/c1-4-5-15(9-6-13(2)3)16-10-7-14(12-17)8-11-16;1-5-6-7-11(2)13-9-8-12(3)14(10-13)15-4;1-3-4-2/h7-8,10-11,13,15H,4-6,9H2,1-3H3;7-10,15H,5-6H2,1-4H3;3H,1,4H2,2H3. The molecule has 2 aromatic carbocycles. The van der Waals surface area contributed by atoms with Gasteiger partial charge < -0.3 is 5.32 Å². The van der Waals surface area contributed by atoms with E-state index in [0.717, 1.165) is 24.3 Å². The van der Waals surface area contributed by atoms with Gasteiger partial charge in [0.1, 0.15) is 0 Å². The predicted octanol–water partition coefficient (Wildman–Crippen LogP) is 10.7. The van der Waals surface area contributed by atoms with Crippen LogP contribution in [-0.2, 0) is 0 Å². The van der Waals surface area contributed by atoms with E-state index in [1.54, 1.807) is 0 Å². The Balaban J connectivity index is 0.000000596. The van der Waals surface area contributed by atoms with Gasteiger partial charge in [-0.25, -0.2) is 0 Å². The molecule has 0 saturated heterocycles. The van der Waals surface area contributed by atoms with Crippen LogP contribution in [0.3, 0.4) is 0 Å². The lowest BCUT2D eigenvalue weighted by molar-refractivity contribution is 0.478. The lowest BCUT2D eigenvalue weighted by atomic mass is 9.88. The quantitative estimate of drug-likeness (QED) is 0.319. The molecule has 1 N–H and O–H groups in total. The van der Waals surface area contributed by atoms with E-state index in [9.17, 15) is 0 Å². The van der Waals surface area contributed by atoms with Gasteiger partial charge in [0.05, 0.1) is 11.6 Å². The summed E-state index contributed by atoms with van der Waals surface area (Å²) in [7, 11) is 1.97. The van der Waals surface area contributed by atoms with Gasteiger partial charge >= 0.3 is 0 Å². The zero-order valence-electron chi connectivity index (χ0n) is 24.5. The Labute approximate surface area is 223 Å². The summed E-state index contributed by atoms with van der Waals surface area (Å²) < 4.78 is 0. The van der Waals surface area contributed by atoms with Gasteiger partial charge in [-0.05, 0) is 91.8 Å². The van der Waals surface area contributed by atoms with E-state index in [0.29, 0.717) is 5.92 Å². The fourth-order valence-electron chi connectivity index (χ4n) is 3.81. The van der Waals surface area contributed by atoms with Gasteiger partial charge in [-0.2, -0.15) is 5.26 Å². The maximum absolute atomic E-state index is 8.80. The van der Waals surface area contributed by atoms with Crippen LogP contribution < -0.4 is 5.32 Å². The van der Waals surface area contributed by atoms with Crippen molar-refractivity contribution >= 4 is 11.3 Å². The van der Waals surface area contributed by atoms with Crippen LogP contribution in [0.2, 0.25) is 0 Å². The molecule has 0 heterocycles. The molecule has 0 bridgehead atoms. The van der Waals surface area contributed by atoms with Crippen molar-refractivity contribution in [1.29, 1.82) is 5.26 Å². The second-order valence-electron chi connectivity index (χ2n) is 9.84. The summed E-state index contributed by atoms with van der Waals surface area (Å²) in [5, 5.41) is 12.0. The first-order valence-electron chi connectivity index (χ1n) is 13.8. The number of nitrogens with zero attached hydrogens (tertiary/aromatic N) is 1. The third kappa shape index (κ3) is 13.9. The molecule has 2 heteroatoms. The minimum absolute atomic E-state index is 0.662. The van der Waals surface area contributed by atoms with Crippen molar-refractivity contribution in [1.82, 2.24) is 0 Å². The average Bonchev–Trinajstić information content (AvgIpc) is 2.90. The molecular weight excluding hydrogens is 436 g/mol. The Kier molecular flexibility index (Phi) is 18.8. The number of nitriles is 1. The monoisotopic (exact) mass is 488 g/mol. The minimum atomic E-state index is 0.662. The van der Waals surface area contributed by atoms with Crippen LogP contribution >= 0.6 is 0 Å². The molecule has 198 valence electrons. The molecule has 2 nitrogen and oxygen atoms in total. The van der Waals surface area contributed by atoms with E-state index >= 15 is 0 Å². The summed E-state index contributed by atoms with van der Waals surface area (Å²) in [6.45, 7) is 18.9. The highest BCUT2D eigenvalue weighted by molar-refractivity contribution is 5.68. The molecule has 1 unspecified atom stereocenters. The molecule has 0 amide bonds. The second kappa shape index (κ2) is 20.4. The fraction of sp³-hybridized carbons (Fsp3) is 0.500. The topological polar surface area (TPSA) is 35.8 Å². The maximum atomic E-state index is 8.80. The normalized spacial score (nSPS) is 11.4. The number of hydrogen-bond donors (Lipinski definition) is 1. The van der Waals surface area contributed by atoms with Crippen molar-refractivity contribution in [2.24, 2.45) is 5.92 Å². The zero-order chi connectivity index (χ0) is 27.3. The summed E-state index contributed by atoms with van der Waals surface area (Å²) in [6.07, 6.45) is 12.7. The van der Waals surface area contributed by atoms with Crippen LogP contribution in [-0.4, -0.2) is 7.05 Å². The molecular formula is C34H52N2. The van der Waals surface area contributed by atoms with Crippen molar-refractivity contribution < 1.29 is 0 Å². The van der Waals surface area contributed by atoms with Crippen molar-refractivity contribution in [3.8, 4) is 6.07 Å². The van der Waals surface area contributed by atoms with E-state index in [2.05, 4.69) is 103 Å². The Hall–Kier alpha value is -2.79. The number of aryl methyl sites for hydroxylation is 1. The first-order chi connectivity index (χ1) is 17.3. The number of anilines is 1. The zero-order valence-corrected chi connectivity index (χ0v) is 24.5. The number of nitrogens with one attached hydrogen (secondary N) is 1. The predicted molar refractivity (Wildman–Crippen MR) is 163 cm³/mol. The number of unbranched alkanes of at least 4 members (excludes halogenated alkanes) is 1. The summed E-state index contributed by atoms with van der Waals surface area (Å²) in [6, 6.07) is 16.9. The molecule has 2 rings (SSSR count). The maximum Gasteiger partial charge on any atom is 0.0991 e. The summed E-state index contributed by atoms with van der Waals surface area (Å²) in [5.41, 5.74) is 7.35. The third-order valence-corrected chi connectivity index (χ3v) is 6.23. The highest BCUT2D eigenvalue weighted by atomic mass is 14.8. The molecule has 36 heavy (non-hydrogen) atoms. The molecule has 0 aliphatic rings. The molecule has 0 aromatic heterocycles.